The molecule has 0 spiro atoms. The first-order chi connectivity index (χ1) is 13.3. The monoisotopic (exact) mass is 362 g/mol. The van der Waals surface area contributed by atoms with Crippen LogP contribution >= 0.6 is 0 Å². The molecule has 0 saturated carbocycles. The van der Waals surface area contributed by atoms with E-state index >= 15 is 0 Å². The molecule has 1 aromatic carbocycles. The van der Waals surface area contributed by atoms with Gasteiger partial charge in [0.2, 0.25) is 5.91 Å². The van der Waals surface area contributed by atoms with Crippen LogP contribution in [0.2, 0.25) is 0 Å². The Morgan fingerprint density at radius 2 is 2.00 bits per heavy atom. The summed E-state index contributed by atoms with van der Waals surface area (Å²) in [6, 6.07) is 14.3. The third-order valence-corrected chi connectivity index (χ3v) is 5.58. The van der Waals surface area contributed by atoms with E-state index < -0.39 is 0 Å². The second kappa shape index (κ2) is 6.79. The molecule has 2 aliphatic rings. The van der Waals surface area contributed by atoms with E-state index in [1.165, 1.54) is 10.9 Å². The number of fused-ring (bicyclic) bond motifs is 2. The molecule has 5 rings (SSSR count). The number of nitrogens with one attached hydrogen (secondary N) is 1. The van der Waals surface area contributed by atoms with Gasteiger partial charge in [-0.2, -0.15) is 0 Å². The van der Waals surface area contributed by atoms with Gasteiger partial charge in [-0.3, -0.25) is 14.7 Å². The standard InChI is InChI=1S/C21H22N4O2/c26-21-14-27-20-13-24(10-15-9-23-18-7-2-1-6-17(15)18)12-19(20)25(21)11-16-5-3-4-8-22-16/h1-9,19-20,23H,10-14H2/t19-,20+/m1/s1. The molecule has 6 nitrogen and oxygen atoms in total. The number of aromatic nitrogens is 2. The van der Waals surface area contributed by atoms with Gasteiger partial charge in [-0.1, -0.05) is 24.3 Å². The highest BCUT2D eigenvalue weighted by Crippen LogP contribution is 2.27. The van der Waals surface area contributed by atoms with E-state index in [2.05, 4.69) is 39.3 Å². The zero-order valence-electron chi connectivity index (χ0n) is 15.0. The van der Waals surface area contributed by atoms with Gasteiger partial charge in [-0.05, 0) is 23.8 Å². The van der Waals surface area contributed by atoms with E-state index in [0.717, 1.165) is 30.8 Å². The van der Waals surface area contributed by atoms with Crippen molar-refractivity contribution < 1.29 is 9.53 Å². The van der Waals surface area contributed by atoms with Crippen LogP contribution < -0.4 is 0 Å². The van der Waals surface area contributed by atoms with Gasteiger partial charge in [-0.25, -0.2) is 0 Å². The van der Waals surface area contributed by atoms with E-state index in [1.54, 1.807) is 6.20 Å². The molecular weight excluding hydrogens is 340 g/mol. The number of nitrogens with zero attached hydrogens (tertiary/aromatic N) is 3. The fourth-order valence-electron chi connectivity index (χ4n) is 4.25. The van der Waals surface area contributed by atoms with Crippen LogP contribution in [0.15, 0.2) is 54.9 Å². The average Bonchev–Trinajstić information content (AvgIpc) is 3.30. The number of carbonyl (C=O) groups is 1. The first kappa shape index (κ1) is 16.5. The summed E-state index contributed by atoms with van der Waals surface area (Å²) in [5, 5.41) is 1.26. The van der Waals surface area contributed by atoms with Gasteiger partial charge < -0.3 is 14.6 Å². The van der Waals surface area contributed by atoms with Crippen molar-refractivity contribution >= 4 is 16.8 Å². The molecule has 0 aliphatic carbocycles. The Balaban J connectivity index is 1.33. The second-order valence-electron chi connectivity index (χ2n) is 7.31. The molecule has 3 aromatic rings. The van der Waals surface area contributed by atoms with Crippen LogP contribution in [0.5, 0.6) is 0 Å². The molecule has 2 saturated heterocycles. The van der Waals surface area contributed by atoms with Gasteiger partial charge in [0.05, 0.1) is 24.4 Å². The second-order valence-corrected chi connectivity index (χ2v) is 7.31. The van der Waals surface area contributed by atoms with Crippen molar-refractivity contribution in [2.24, 2.45) is 0 Å². The largest absolute Gasteiger partial charge is 0.365 e. The van der Waals surface area contributed by atoms with E-state index in [0.29, 0.717) is 6.54 Å². The third-order valence-electron chi connectivity index (χ3n) is 5.58. The molecule has 6 heteroatoms. The number of benzene rings is 1. The molecule has 1 N–H and O–H groups in total. The van der Waals surface area contributed by atoms with E-state index in [1.807, 2.05) is 29.2 Å². The maximum atomic E-state index is 12.5. The number of likely N-dealkylation sites (tertiary alicyclic amines) is 1. The Morgan fingerprint density at radius 1 is 1.11 bits per heavy atom. The number of rotatable bonds is 4. The Kier molecular flexibility index (Phi) is 4.14. The van der Waals surface area contributed by atoms with Crippen molar-refractivity contribution in [2.75, 3.05) is 19.7 Å². The van der Waals surface area contributed by atoms with Crippen molar-refractivity contribution in [3.63, 3.8) is 0 Å². The molecular formula is C21H22N4O2. The molecule has 0 bridgehead atoms. The minimum Gasteiger partial charge on any atom is -0.365 e. The zero-order chi connectivity index (χ0) is 18.2. The molecule has 0 unspecified atom stereocenters. The van der Waals surface area contributed by atoms with Gasteiger partial charge in [0.15, 0.2) is 0 Å². The van der Waals surface area contributed by atoms with Gasteiger partial charge in [0, 0.05) is 42.9 Å². The van der Waals surface area contributed by atoms with Crippen molar-refractivity contribution in [1.82, 2.24) is 19.8 Å². The maximum absolute atomic E-state index is 12.5. The summed E-state index contributed by atoms with van der Waals surface area (Å²) >= 11 is 0. The first-order valence-corrected chi connectivity index (χ1v) is 9.36. The van der Waals surface area contributed by atoms with Crippen LogP contribution in [-0.2, 0) is 22.6 Å². The Bertz CT molecular complexity index is 955. The molecule has 2 fully saturated rings. The van der Waals surface area contributed by atoms with Crippen LogP contribution in [0.3, 0.4) is 0 Å². The number of hydrogen-bond acceptors (Lipinski definition) is 4. The number of morpholine rings is 1. The lowest BCUT2D eigenvalue weighted by Gasteiger charge is -2.36. The normalized spacial score (nSPS) is 23.1. The predicted molar refractivity (Wildman–Crippen MR) is 102 cm³/mol. The lowest BCUT2D eigenvalue weighted by molar-refractivity contribution is -0.154. The molecule has 2 atom stereocenters. The summed E-state index contributed by atoms with van der Waals surface area (Å²) in [5.74, 6) is 0.0517. The number of H-pyrrole nitrogens is 1. The highest BCUT2D eigenvalue weighted by molar-refractivity contribution is 5.83. The Hall–Kier alpha value is -2.70. The zero-order valence-corrected chi connectivity index (χ0v) is 15.0. The van der Waals surface area contributed by atoms with Crippen LogP contribution in [0.1, 0.15) is 11.3 Å². The number of amides is 1. The van der Waals surface area contributed by atoms with E-state index in [9.17, 15) is 4.79 Å². The summed E-state index contributed by atoms with van der Waals surface area (Å²) in [6.45, 7) is 3.23. The fraction of sp³-hybridized carbons (Fsp3) is 0.333. The Morgan fingerprint density at radius 3 is 2.89 bits per heavy atom. The molecule has 1 amide bonds. The van der Waals surface area contributed by atoms with Crippen molar-refractivity contribution in [3.8, 4) is 0 Å². The lowest BCUT2D eigenvalue weighted by atomic mass is 10.1. The number of pyridine rings is 1. The van der Waals surface area contributed by atoms with E-state index in [4.69, 9.17) is 4.74 Å². The minimum atomic E-state index is 0.0517. The minimum absolute atomic E-state index is 0.0517. The smallest absolute Gasteiger partial charge is 0.249 e. The SMILES string of the molecule is O=C1CO[C@H]2CN(Cc3c[nH]c4ccccc34)C[C@H]2N1Cc1ccccn1. The van der Waals surface area contributed by atoms with Crippen molar-refractivity contribution in [1.29, 1.82) is 0 Å². The first-order valence-electron chi connectivity index (χ1n) is 9.36. The number of para-hydroxylation sites is 1. The highest BCUT2D eigenvalue weighted by Gasteiger charge is 2.43. The van der Waals surface area contributed by atoms with Crippen LogP contribution in [0, 0.1) is 0 Å². The lowest BCUT2D eigenvalue weighted by Crippen LogP contribution is -2.53. The predicted octanol–water partition coefficient (Wildman–Crippen LogP) is 2.17. The number of hydrogen-bond donors (Lipinski definition) is 1. The number of aromatic amines is 1. The highest BCUT2D eigenvalue weighted by atomic mass is 16.5. The summed E-state index contributed by atoms with van der Waals surface area (Å²) < 4.78 is 5.86. The summed E-state index contributed by atoms with van der Waals surface area (Å²) in [5.41, 5.74) is 3.36. The molecule has 4 heterocycles. The molecule has 2 aliphatic heterocycles. The van der Waals surface area contributed by atoms with E-state index in [-0.39, 0.29) is 24.7 Å². The maximum Gasteiger partial charge on any atom is 0.249 e. The molecule has 138 valence electrons. The third kappa shape index (κ3) is 3.11. The van der Waals surface area contributed by atoms with Crippen molar-refractivity contribution in [2.45, 2.75) is 25.2 Å². The van der Waals surface area contributed by atoms with Gasteiger partial charge >= 0.3 is 0 Å². The Labute approximate surface area is 157 Å². The summed E-state index contributed by atoms with van der Waals surface area (Å²) in [4.78, 5) is 24.5. The van der Waals surface area contributed by atoms with Gasteiger partial charge in [0.25, 0.3) is 0 Å². The summed E-state index contributed by atoms with van der Waals surface area (Å²) in [6.07, 6.45) is 3.93. The van der Waals surface area contributed by atoms with Gasteiger partial charge in [-0.15, -0.1) is 0 Å². The fourth-order valence-corrected chi connectivity index (χ4v) is 4.25. The topological polar surface area (TPSA) is 61.5 Å². The molecule has 27 heavy (non-hydrogen) atoms. The molecule has 2 aromatic heterocycles. The summed E-state index contributed by atoms with van der Waals surface area (Å²) in [7, 11) is 0. The van der Waals surface area contributed by atoms with Crippen LogP contribution in [0.4, 0.5) is 0 Å². The van der Waals surface area contributed by atoms with Gasteiger partial charge in [0.1, 0.15) is 6.61 Å². The van der Waals surface area contributed by atoms with Crippen LogP contribution in [0.25, 0.3) is 10.9 Å². The van der Waals surface area contributed by atoms with Crippen molar-refractivity contribution in [3.05, 3.63) is 66.1 Å². The average molecular weight is 362 g/mol. The van der Waals surface area contributed by atoms with Crippen LogP contribution in [-0.4, -0.2) is 57.5 Å². The number of carbonyl (C=O) groups excluding carboxylic acids is 1. The number of ether oxygens (including phenoxy) is 1. The quantitative estimate of drug-likeness (QED) is 0.773. The molecule has 0 radical (unpaired) electrons.